The van der Waals surface area contributed by atoms with Crippen LogP contribution in [-0.4, -0.2) is 40.6 Å². The number of carbonyl (C=O) groups is 1. The average Bonchev–Trinajstić information content (AvgIpc) is 2.67. The van der Waals surface area contributed by atoms with Gasteiger partial charge in [-0.2, -0.15) is 0 Å². The van der Waals surface area contributed by atoms with Gasteiger partial charge in [-0.1, -0.05) is 24.3 Å². The molecule has 0 saturated heterocycles. The molecule has 27 heavy (non-hydrogen) atoms. The Balaban J connectivity index is 2.06. The minimum Gasteiger partial charge on any atom is -0.379 e. The predicted octanol–water partition coefficient (Wildman–Crippen LogP) is 3.06. The summed E-state index contributed by atoms with van der Waals surface area (Å²) in [5.74, 6) is -0.307. The first kappa shape index (κ1) is 20.9. The van der Waals surface area contributed by atoms with E-state index in [1.54, 1.807) is 36.4 Å². The topological polar surface area (TPSA) is 75.7 Å². The molecular formula is C20H26N2O4S. The lowest BCUT2D eigenvalue weighted by Crippen LogP contribution is -2.28. The first-order chi connectivity index (χ1) is 12.8. The van der Waals surface area contributed by atoms with Crippen LogP contribution in [0, 0.1) is 0 Å². The summed E-state index contributed by atoms with van der Waals surface area (Å²) in [7, 11) is -2.26. The molecule has 0 bridgehead atoms. The predicted molar refractivity (Wildman–Crippen MR) is 107 cm³/mol. The standard InChI is InChI=1S/C20H26N2O4S/c1-16(2)26-14-8-13-21-20(23)17-9-7-12-19(15-17)27(24,25)22(3)18-10-5-4-6-11-18/h4-7,9-12,15-16H,8,13-14H2,1-3H3,(H,21,23). The molecule has 0 fully saturated rings. The lowest BCUT2D eigenvalue weighted by Gasteiger charge is -2.19. The van der Waals surface area contributed by atoms with Gasteiger partial charge in [0, 0.05) is 25.8 Å². The minimum absolute atomic E-state index is 0.0737. The Morgan fingerprint density at radius 3 is 2.48 bits per heavy atom. The molecule has 6 nitrogen and oxygen atoms in total. The lowest BCUT2D eigenvalue weighted by molar-refractivity contribution is 0.0757. The van der Waals surface area contributed by atoms with E-state index in [4.69, 9.17) is 4.74 Å². The van der Waals surface area contributed by atoms with Gasteiger partial charge in [-0.3, -0.25) is 9.10 Å². The summed E-state index contributed by atoms with van der Waals surface area (Å²) in [5.41, 5.74) is 0.861. The van der Waals surface area contributed by atoms with Crippen LogP contribution in [0.1, 0.15) is 30.6 Å². The van der Waals surface area contributed by atoms with E-state index < -0.39 is 10.0 Å². The van der Waals surface area contributed by atoms with Crippen molar-refractivity contribution in [1.82, 2.24) is 5.32 Å². The Morgan fingerprint density at radius 2 is 1.81 bits per heavy atom. The first-order valence-electron chi connectivity index (χ1n) is 8.86. The van der Waals surface area contributed by atoms with Crippen LogP contribution >= 0.6 is 0 Å². The molecule has 0 radical (unpaired) electrons. The highest BCUT2D eigenvalue weighted by atomic mass is 32.2. The van der Waals surface area contributed by atoms with Crippen LogP contribution in [-0.2, 0) is 14.8 Å². The van der Waals surface area contributed by atoms with Gasteiger partial charge in [0.25, 0.3) is 15.9 Å². The Morgan fingerprint density at radius 1 is 1.11 bits per heavy atom. The second-order valence-corrected chi connectivity index (χ2v) is 8.33. The Labute approximate surface area is 161 Å². The molecule has 1 N–H and O–H groups in total. The molecule has 0 heterocycles. The molecule has 7 heteroatoms. The van der Waals surface area contributed by atoms with Crippen molar-refractivity contribution in [2.24, 2.45) is 0 Å². The summed E-state index contributed by atoms with van der Waals surface area (Å²) in [5, 5.41) is 2.78. The van der Waals surface area contributed by atoms with Gasteiger partial charge >= 0.3 is 0 Å². The van der Waals surface area contributed by atoms with Crippen molar-refractivity contribution in [3.63, 3.8) is 0 Å². The van der Waals surface area contributed by atoms with Crippen molar-refractivity contribution in [1.29, 1.82) is 0 Å². The molecule has 0 aromatic heterocycles. The third-order valence-electron chi connectivity index (χ3n) is 3.93. The third kappa shape index (κ3) is 5.80. The van der Waals surface area contributed by atoms with Crippen molar-refractivity contribution in [2.75, 3.05) is 24.5 Å². The van der Waals surface area contributed by atoms with E-state index in [1.807, 2.05) is 19.9 Å². The zero-order valence-corrected chi connectivity index (χ0v) is 16.7. The molecule has 0 spiro atoms. The normalized spacial score (nSPS) is 11.4. The lowest BCUT2D eigenvalue weighted by atomic mass is 10.2. The second-order valence-electron chi connectivity index (χ2n) is 6.36. The fourth-order valence-electron chi connectivity index (χ4n) is 2.43. The van der Waals surface area contributed by atoms with Gasteiger partial charge < -0.3 is 10.1 Å². The number of benzene rings is 2. The van der Waals surface area contributed by atoms with Crippen molar-refractivity contribution < 1.29 is 17.9 Å². The highest BCUT2D eigenvalue weighted by molar-refractivity contribution is 7.92. The van der Waals surface area contributed by atoms with Crippen LogP contribution in [0.4, 0.5) is 5.69 Å². The van der Waals surface area contributed by atoms with Gasteiger partial charge in [-0.05, 0) is 50.6 Å². The smallest absolute Gasteiger partial charge is 0.264 e. The van der Waals surface area contributed by atoms with Gasteiger partial charge in [-0.15, -0.1) is 0 Å². The van der Waals surface area contributed by atoms with Crippen molar-refractivity contribution in [3.8, 4) is 0 Å². The molecule has 2 aromatic carbocycles. The van der Waals surface area contributed by atoms with Gasteiger partial charge in [0.1, 0.15) is 0 Å². The Bertz CT molecular complexity index is 851. The third-order valence-corrected chi connectivity index (χ3v) is 5.71. The number of ether oxygens (including phenoxy) is 1. The molecule has 0 atom stereocenters. The molecule has 0 aliphatic carbocycles. The maximum atomic E-state index is 12.8. The van der Waals surface area contributed by atoms with E-state index in [-0.39, 0.29) is 16.9 Å². The second kappa shape index (κ2) is 9.53. The van der Waals surface area contributed by atoms with Crippen LogP contribution < -0.4 is 9.62 Å². The van der Waals surface area contributed by atoms with E-state index in [0.29, 0.717) is 30.8 Å². The largest absolute Gasteiger partial charge is 0.379 e. The van der Waals surface area contributed by atoms with E-state index in [9.17, 15) is 13.2 Å². The molecule has 1 amide bonds. The zero-order chi connectivity index (χ0) is 19.9. The maximum absolute atomic E-state index is 12.8. The Hall–Kier alpha value is -2.38. The zero-order valence-electron chi connectivity index (χ0n) is 15.9. The van der Waals surface area contributed by atoms with Gasteiger partial charge in [0.05, 0.1) is 16.7 Å². The highest BCUT2D eigenvalue weighted by Crippen LogP contribution is 2.22. The van der Waals surface area contributed by atoms with Crippen LogP contribution in [0.2, 0.25) is 0 Å². The van der Waals surface area contributed by atoms with Crippen molar-refractivity contribution in [2.45, 2.75) is 31.3 Å². The van der Waals surface area contributed by atoms with Crippen molar-refractivity contribution in [3.05, 3.63) is 60.2 Å². The monoisotopic (exact) mass is 390 g/mol. The molecule has 146 valence electrons. The summed E-state index contributed by atoms with van der Waals surface area (Å²) in [6, 6.07) is 14.9. The number of sulfonamides is 1. The molecule has 2 rings (SSSR count). The Kier molecular flexibility index (Phi) is 7.38. The van der Waals surface area contributed by atoms with Gasteiger partial charge in [0.2, 0.25) is 0 Å². The highest BCUT2D eigenvalue weighted by Gasteiger charge is 2.22. The molecule has 0 aliphatic heterocycles. The van der Waals surface area contributed by atoms with Gasteiger partial charge in [-0.25, -0.2) is 8.42 Å². The van der Waals surface area contributed by atoms with E-state index >= 15 is 0 Å². The number of para-hydroxylation sites is 1. The van der Waals surface area contributed by atoms with Gasteiger partial charge in [0.15, 0.2) is 0 Å². The quantitative estimate of drug-likeness (QED) is 0.668. The number of carbonyl (C=O) groups excluding carboxylic acids is 1. The first-order valence-corrected chi connectivity index (χ1v) is 10.3. The SMILES string of the molecule is CC(C)OCCCNC(=O)c1cccc(S(=O)(=O)N(C)c2ccccc2)c1. The van der Waals surface area contributed by atoms with Crippen molar-refractivity contribution >= 4 is 21.6 Å². The summed E-state index contributed by atoms with van der Waals surface area (Å²) >= 11 is 0. The van der Waals surface area contributed by atoms with E-state index in [1.165, 1.54) is 23.5 Å². The maximum Gasteiger partial charge on any atom is 0.264 e. The summed E-state index contributed by atoms with van der Waals surface area (Å²) in [6.07, 6.45) is 0.850. The average molecular weight is 391 g/mol. The molecule has 0 aliphatic rings. The number of nitrogens with one attached hydrogen (secondary N) is 1. The molecule has 0 unspecified atom stereocenters. The number of rotatable bonds is 9. The fourth-order valence-corrected chi connectivity index (χ4v) is 3.67. The van der Waals surface area contributed by atoms with Crippen LogP contribution in [0.25, 0.3) is 0 Å². The number of nitrogens with zero attached hydrogens (tertiary/aromatic N) is 1. The number of amides is 1. The van der Waals surface area contributed by atoms with E-state index in [2.05, 4.69) is 5.32 Å². The minimum atomic E-state index is -3.75. The van der Waals surface area contributed by atoms with Crippen LogP contribution in [0.3, 0.4) is 0 Å². The number of hydrogen-bond acceptors (Lipinski definition) is 4. The summed E-state index contributed by atoms with van der Waals surface area (Å²) in [6.45, 7) is 4.94. The van der Waals surface area contributed by atoms with Crippen LogP contribution in [0.5, 0.6) is 0 Å². The number of hydrogen-bond donors (Lipinski definition) is 1. The van der Waals surface area contributed by atoms with E-state index in [0.717, 1.165) is 0 Å². The number of anilines is 1. The molecular weight excluding hydrogens is 364 g/mol. The fraction of sp³-hybridized carbons (Fsp3) is 0.350. The van der Waals surface area contributed by atoms with Crippen LogP contribution in [0.15, 0.2) is 59.5 Å². The summed E-state index contributed by atoms with van der Waals surface area (Å²) < 4.78 is 32.3. The summed E-state index contributed by atoms with van der Waals surface area (Å²) in [4.78, 5) is 12.4. The molecule has 2 aromatic rings. The molecule has 0 saturated carbocycles.